The van der Waals surface area contributed by atoms with Crippen LogP contribution in [0.4, 0.5) is 4.39 Å². The lowest BCUT2D eigenvalue weighted by molar-refractivity contribution is -0.139. The monoisotopic (exact) mass is 277 g/mol. The molecule has 0 saturated heterocycles. The van der Waals surface area contributed by atoms with E-state index in [0.29, 0.717) is 5.56 Å². The summed E-state index contributed by atoms with van der Waals surface area (Å²) in [5.74, 6) is -2.27. The molecule has 0 aliphatic carbocycles. The summed E-state index contributed by atoms with van der Waals surface area (Å²) >= 11 is 0. The van der Waals surface area contributed by atoms with Crippen molar-refractivity contribution in [1.29, 1.82) is 0 Å². The van der Waals surface area contributed by atoms with Crippen molar-refractivity contribution in [3.63, 3.8) is 0 Å². The molecular weight excluding hydrogens is 265 g/mol. The molecular formula is C13H12FN3O3. The van der Waals surface area contributed by atoms with Crippen molar-refractivity contribution in [2.75, 3.05) is 0 Å². The zero-order valence-corrected chi connectivity index (χ0v) is 10.6. The smallest absolute Gasteiger partial charge is 0.331 e. The number of aromatic nitrogens is 2. The maximum Gasteiger partial charge on any atom is 0.331 e. The van der Waals surface area contributed by atoms with Gasteiger partial charge in [-0.3, -0.25) is 9.48 Å². The van der Waals surface area contributed by atoms with Crippen LogP contribution < -0.4 is 5.32 Å². The van der Waals surface area contributed by atoms with Crippen LogP contribution in [0.15, 0.2) is 36.7 Å². The highest BCUT2D eigenvalue weighted by Crippen LogP contribution is 2.13. The molecule has 2 rings (SSSR count). The fourth-order valence-corrected chi connectivity index (χ4v) is 1.69. The van der Waals surface area contributed by atoms with Gasteiger partial charge in [0.05, 0.1) is 6.20 Å². The van der Waals surface area contributed by atoms with E-state index < -0.39 is 23.7 Å². The minimum Gasteiger partial charge on any atom is -0.479 e. The minimum atomic E-state index is -1.21. The van der Waals surface area contributed by atoms with Gasteiger partial charge in [-0.05, 0) is 24.3 Å². The molecule has 1 atom stereocenters. The van der Waals surface area contributed by atoms with Crippen LogP contribution in [-0.4, -0.2) is 26.8 Å². The number of rotatable bonds is 4. The number of nitrogens with one attached hydrogen (secondary N) is 1. The quantitative estimate of drug-likeness (QED) is 0.877. The van der Waals surface area contributed by atoms with Gasteiger partial charge in [0.1, 0.15) is 5.82 Å². The summed E-state index contributed by atoms with van der Waals surface area (Å²) in [7, 11) is 1.64. The summed E-state index contributed by atoms with van der Waals surface area (Å²) in [6, 6.07) is 3.63. The zero-order chi connectivity index (χ0) is 14.7. The van der Waals surface area contributed by atoms with Crippen LogP contribution in [0.25, 0.3) is 0 Å². The topological polar surface area (TPSA) is 84.2 Å². The van der Waals surface area contributed by atoms with Crippen LogP contribution in [-0.2, 0) is 11.8 Å². The van der Waals surface area contributed by atoms with Gasteiger partial charge in [0, 0.05) is 24.4 Å². The third-order valence-electron chi connectivity index (χ3n) is 2.69. The number of hydrogen-bond donors (Lipinski definition) is 2. The van der Waals surface area contributed by atoms with Crippen molar-refractivity contribution in [2.45, 2.75) is 6.04 Å². The Morgan fingerprint density at radius 2 is 2.00 bits per heavy atom. The van der Waals surface area contributed by atoms with E-state index in [4.69, 9.17) is 5.11 Å². The van der Waals surface area contributed by atoms with Gasteiger partial charge >= 0.3 is 5.97 Å². The highest BCUT2D eigenvalue weighted by Gasteiger charge is 2.23. The fraction of sp³-hybridized carbons (Fsp3) is 0.154. The van der Waals surface area contributed by atoms with Gasteiger partial charge in [0.25, 0.3) is 5.91 Å². The first-order valence-corrected chi connectivity index (χ1v) is 5.75. The SMILES string of the molecule is Cn1cc(C(NC(=O)c2ccc(F)cc2)C(=O)O)cn1. The van der Waals surface area contributed by atoms with Crippen LogP contribution in [0, 0.1) is 5.82 Å². The Balaban J connectivity index is 2.18. The first-order chi connectivity index (χ1) is 9.47. The Hall–Kier alpha value is -2.70. The number of carboxylic acids is 1. The molecule has 0 aliphatic rings. The number of carbonyl (C=O) groups is 2. The molecule has 0 bridgehead atoms. The summed E-state index contributed by atoms with van der Waals surface area (Å²) in [6.07, 6.45) is 2.87. The fourth-order valence-electron chi connectivity index (χ4n) is 1.69. The van der Waals surface area contributed by atoms with Gasteiger partial charge < -0.3 is 10.4 Å². The second-order valence-electron chi connectivity index (χ2n) is 4.20. The first-order valence-electron chi connectivity index (χ1n) is 5.75. The Morgan fingerprint density at radius 3 is 2.50 bits per heavy atom. The number of benzene rings is 1. The Bertz CT molecular complexity index is 637. The maximum absolute atomic E-state index is 12.8. The standard InChI is InChI=1S/C13H12FN3O3/c1-17-7-9(6-15-17)11(13(19)20)16-12(18)8-2-4-10(14)5-3-8/h2-7,11H,1H3,(H,16,18)(H,19,20). The lowest BCUT2D eigenvalue weighted by Gasteiger charge is -2.12. The number of nitrogens with zero attached hydrogens (tertiary/aromatic N) is 2. The summed E-state index contributed by atoms with van der Waals surface area (Å²) in [5, 5.41) is 15.4. The lowest BCUT2D eigenvalue weighted by Crippen LogP contribution is -2.33. The van der Waals surface area contributed by atoms with E-state index in [1.54, 1.807) is 7.05 Å². The molecule has 20 heavy (non-hydrogen) atoms. The maximum atomic E-state index is 12.8. The van der Waals surface area contributed by atoms with Crippen LogP contribution in [0.5, 0.6) is 0 Å². The Kier molecular flexibility index (Phi) is 3.79. The number of carbonyl (C=O) groups excluding carboxylic acids is 1. The third-order valence-corrected chi connectivity index (χ3v) is 2.69. The van der Waals surface area contributed by atoms with Crippen LogP contribution in [0.1, 0.15) is 22.0 Å². The Morgan fingerprint density at radius 1 is 1.35 bits per heavy atom. The van der Waals surface area contributed by atoms with E-state index in [-0.39, 0.29) is 5.56 Å². The van der Waals surface area contributed by atoms with E-state index in [9.17, 15) is 14.0 Å². The highest BCUT2D eigenvalue weighted by atomic mass is 19.1. The summed E-state index contributed by atoms with van der Waals surface area (Å²) < 4.78 is 14.2. The number of aryl methyl sites for hydroxylation is 1. The van der Waals surface area contributed by atoms with Crippen LogP contribution in [0.2, 0.25) is 0 Å². The predicted molar refractivity (Wildman–Crippen MR) is 67.5 cm³/mol. The molecule has 0 spiro atoms. The molecule has 104 valence electrons. The molecule has 1 aromatic carbocycles. The highest BCUT2D eigenvalue weighted by molar-refractivity contribution is 5.96. The van der Waals surface area contributed by atoms with Crippen molar-refractivity contribution in [2.24, 2.45) is 7.05 Å². The number of hydrogen-bond acceptors (Lipinski definition) is 3. The molecule has 7 heteroatoms. The average molecular weight is 277 g/mol. The molecule has 0 fully saturated rings. The number of amides is 1. The van der Waals surface area contributed by atoms with Crippen LogP contribution >= 0.6 is 0 Å². The van der Waals surface area contributed by atoms with Gasteiger partial charge in [-0.25, -0.2) is 9.18 Å². The van der Waals surface area contributed by atoms with Gasteiger partial charge in [-0.1, -0.05) is 0 Å². The molecule has 0 radical (unpaired) electrons. The minimum absolute atomic E-state index is 0.182. The number of carboxylic acid groups (broad SMARTS) is 1. The van der Waals surface area contributed by atoms with Crippen LogP contribution in [0.3, 0.4) is 0 Å². The molecule has 0 aliphatic heterocycles. The summed E-state index contributed by atoms with van der Waals surface area (Å²) in [6.45, 7) is 0. The van der Waals surface area contributed by atoms with Gasteiger partial charge in [-0.2, -0.15) is 5.10 Å². The second-order valence-corrected chi connectivity index (χ2v) is 4.20. The van der Waals surface area contributed by atoms with Crippen molar-refractivity contribution in [3.8, 4) is 0 Å². The van der Waals surface area contributed by atoms with E-state index in [1.807, 2.05) is 0 Å². The first kappa shape index (κ1) is 13.7. The molecule has 1 amide bonds. The predicted octanol–water partition coefficient (Wildman–Crippen LogP) is 1.11. The summed E-state index contributed by atoms with van der Waals surface area (Å²) in [4.78, 5) is 23.1. The van der Waals surface area contributed by atoms with Crippen molar-refractivity contribution < 1.29 is 19.1 Å². The Labute approximate surface area is 113 Å². The third kappa shape index (κ3) is 3.00. The molecule has 1 unspecified atom stereocenters. The van der Waals surface area contributed by atoms with Gasteiger partial charge in [0.2, 0.25) is 0 Å². The molecule has 0 saturated carbocycles. The van der Waals surface area contributed by atoms with Gasteiger partial charge in [-0.15, -0.1) is 0 Å². The largest absolute Gasteiger partial charge is 0.479 e. The number of halogens is 1. The van der Waals surface area contributed by atoms with E-state index in [0.717, 1.165) is 12.1 Å². The van der Waals surface area contributed by atoms with Gasteiger partial charge in [0.15, 0.2) is 6.04 Å². The number of aliphatic carboxylic acids is 1. The molecule has 6 nitrogen and oxygen atoms in total. The lowest BCUT2D eigenvalue weighted by atomic mass is 10.1. The molecule has 1 heterocycles. The van der Waals surface area contributed by atoms with Crippen molar-refractivity contribution in [3.05, 3.63) is 53.6 Å². The second kappa shape index (κ2) is 5.52. The molecule has 1 aromatic heterocycles. The van der Waals surface area contributed by atoms with E-state index in [1.165, 1.54) is 29.2 Å². The van der Waals surface area contributed by atoms with Crippen molar-refractivity contribution in [1.82, 2.24) is 15.1 Å². The molecule has 2 aromatic rings. The van der Waals surface area contributed by atoms with E-state index in [2.05, 4.69) is 10.4 Å². The van der Waals surface area contributed by atoms with Crippen molar-refractivity contribution >= 4 is 11.9 Å². The summed E-state index contributed by atoms with van der Waals surface area (Å²) in [5.41, 5.74) is 0.539. The van der Waals surface area contributed by atoms with E-state index >= 15 is 0 Å². The normalized spacial score (nSPS) is 11.9. The zero-order valence-electron chi connectivity index (χ0n) is 10.6. The molecule has 2 N–H and O–H groups in total. The average Bonchev–Trinajstić information content (AvgIpc) is 2.82.